The van der Waals surface area contributed by atoms with Gasteiger partial charge in [-0.3, -0.25) is 0 Å². The highest BCUT2D eigenvalue weighted by molar-refractivity contribution is 6.30. The Kier molecular flexibility index (Phi) is 5.30. The van der Waals surface area contributed by atoms with Gasteiger partial charge in [0.2, 0.25) is 0 Å². The van der Waals surface area contributed by atoms with Gasteiger partial charge in [0.15, 0.2) is 0 Å². The number of anilines is 2. The first-order valence-corrected chi connectivity index (χ1v) is 9.83. The SMILES string of the molecule is Cc1ccc2nc(Nc3ccc(Cl)cc3)cc([C@H](O)[C@H]3CCCCN3)c2c1. The number of fused-ring (bicyclic) bond motifs is 1. The van der Waals surface area contributed by atoms with Gasteiger partial charge in [0.1, 0.15) is 5.82 Å². The molecule has 0 amide bonds. The number of piperidine rings is 1. The molecule has 0 saturated carbocycles. The predicted octanol–water partition coefficient (Wildman–Crippen LogP) is 5.12. The Bertz CT molecular complexity index is 936. The molecule has 0 aliphatic carbocycles. The maximum absolute atomic E-state index is 11.1. The zero-order chi connectivity index (χ0) is 18.8. The maximum atomic E-state index is 11.1. The van der Waals surface area contributed by atoms with Crippen molar-refractivity contribution < 1.29 is 5.11 Å². The van der Waals surface area contributed by atoms with Gasteiger partial charge in [0.25, 0.3) is 0 Å². The molecule has 4 rings (SSSR count). The van der Waals surface area contributed by atoms with E-state index in [-0.39, 0.29) is 6.04 Å². The van der Waals surface area contributed by atoms with Crippen LogP contribution in [0.15, 0.2) is 48.5 Å². The number of aromatic nitrogens is 1. The number of nitrogens with one attached hydrogen (secondary N) is 2. The van der Waals surface area contributed by atoms with Gasteiger partial charge in [-0.15, -0.1) is 0 Å². The van der Waals surface area contributed by atoms with Gasteiger partial charge in [0, 0.05) is 22.1 Å². The van der Waals surface area contributed by atoms with Crippen LogP contribution in [-0.4, -0.2) is 22.7 Å². The molecule has 3 N–H and O–H groups in total. The molecule has 1 aliphatic rings. The summed E-state index contributed by atoms with van der Waals surface area (Å²) in [6.07, 6.45) is 2.73. The zero-order valence-corrected chi connectivity index (χ0v) is 16.1. The van der Waals surface area contributed by atoms with Crippen LogP contribution in [-0.2, 0) is 0 Å². The van der Waals surface area contributed by atoms with E-state index in [1.807, 2.05) is 36.4 Å². The van der Waals surface area contributed by atoms with Crippen molar-refractivity contribution in [1.82, 2.24) is 10.3 Å². The molecular weight excluding hydrogens is 358 g/mol. The van der Waals surface area contributed by atoms with E-state index < -0.39 is 6.10 Å². The lowest BCUT2D eigenvalue weighted by Crippen LogP contribution is -2.38. The van der Waals surface area contributed by atoms with E-state index in [4.69, 9.17) is 16.6 Å². The third-order valence-electron chi connectivity index (χ3n) is 5.16. The molecule has 0 radical (unpaired) electrons. The average molecular weight is 382 g/mol. The number of aliphatic hydroxyl groups is 1. The number of aryl methyl sites for hydroxylation is 1. The third kappa shape index (κ3) is 4.08. The Balaban J connectivity index is 1.74. The van der Waals surface area contributed by atoms with Crippen LogP contribution in [0.25, 0.3) is 10.9 Å². The molecule has 1 saturated heterocycles. The van der Waals surface area contributed by atoms with Crippen molar-refractivity contribution in [2.45, 2.75) is 38.3 Å². The molecule has 1 aromatic heterocycles. The van der Waals surface area contributed by atoms with Crippen LogP contribution < -0.4 is 10.6 Å². The fourth-order valence-electron chi connectivity index (χ4n) is 3.72. The summed E-state index contributed by atoms with van der Waals surface area (Å²) in [5, 5.41) is 19.6. The van der Waals surface area contributed by atoms with E-state index in [1.54, 1.807) is 0 Å². The number of aliphatic hydroxyl groups excluding tert-OH is 1. The summed E-state index contributed by atoms with van der Waals surface area (Å²) >= 11 is 5.98. The molecular formula is C22H24ClN3O. The minimum absolute atomic E-state index is 0.0771. The van der Waals surface area contributed by atoms with E-state index >= 15 is 0 Å². The molecule has 27 heavy (non-hydrogen) atoms. The highest BCUT2D eigenvalue weighted by Gasteiger charge is 2.25. The van der Waals surface area contributed by atoms with Crippen LogP contribution in [0.4, 0.5) is 11.5 Å². The van der Waals surface area contributed by atoms with Crippen molar-refractivity contribution in [1.29, 1.82) is 0 Å². The summed E-state index contributed by atoms with van der Waals surface area (Å²) in [6, 6.07) is 15.7. The Hall–Kier alpha value is -2.14. The number of nitrogens with zero attached hydrogens (tertiary/aromatic N) is 1. The fourth-order valence-corrected chi connectivity index (χ4v) is 3.85. The molecule has 2 aromatic carbocycles. The second-order valence-corrected chi connectivity index (χ2v) is 7.69. The number of hydrogen-bond donors (Lipinski definition) is 3. The van der Waals surface area contributed by atoms with E-state index in [2.05, 4.69) is 29.7 Å². The van der Waals surface area contributed by atoms with Crippen LogP contribution in [0, 0.1) is 6.92 Å². The van der Waals surface area contributed by atoms with Crippen LogP contribution in [0.5, 0.6) is 0 Å². The molecule has 3 aromatic rings. The molecule has 0 spiro atoms. The summed E-state index contributed by atoms with van der Waals surface area (Å²) in [7, 11) is 0. The summed E-state index contributed by atoms with van der Waals surface area (Å²) in [4.78, 5) is 4.75. The molecule has 140 valence electrons. The number of benzene rings is 2. The van der Waals surface area contributed by atoms with Gasteiger partial charge in [0.05, 0.1) is 11.6 Å². The lowest BCUT2D eigenvalue weighted by Gasteiger charge is -2.29. The summed E-state index contributed by atoms with van der Waals surface area (Å²) in [5.41, 5.74) is 3.87. The number of rotatable bonds is 4. The third-order valence-corrected chi connectivity index (χ3v) is 5.41. The Labute approximate surface area is 164 Å². The van der Waals surface area contributed by atoms with Gasteiger partial charge >= 0.3 is 0 Å². The second-order valence-electron chi connectivity index (χ2n) is 7.25. The summed E-state index contributed by atoms with van der Waals surface area (Å²) in [5.74, 6) is 0.721. The maximum Gasteiger partial charge on any atom is 0.131 e. The smallest absolute Gasteiger partial charge is 0.131 e. The molecule has 2 atom stereocenters. The van der Waals surface area contributed by atoms with Crippen LogP contribution in [0.2, 0.25) is 5.02 Å². The first-order chi connectivity index (χ1) is 13.1. The van der Waals surface area contributed by atoms with E-state index in [9.17, 15) is 5.11 Å². The first-order valence-electron chi connectivity index (χ1n) is 9.45. The summed E-state index contributed by atoms with van der Waals surface area (Å²) < 4.78 is 0. The van der Waals surface area contributed by atoms with Gasteiger partial charge in [-0.05, 0) is 74.3 Å². The van der Waals surface area contributed by atoms with Crippen molar-refractivity contribution in [2.75, 3.05) is 11.9 Å². The van der Waals surface area contributed by atoms with Crippen molar-refractivity contribution in [3.05, 3.63) is 64.7 Å². The average Bonchev–Trinajstić information content (AvgIpc) is 2.69. The predicted molar refractivity (Wildman–Crippen MR) is 112 cm³/mol. The lowest BCUT2D eigenvalue weighted by atomic mass is 9.92. The second kappa shape index (κ2) is 7.85. The minimum Gasteiger partial charge on any atom is -0.387 e. The van der Waals surface area contributed by atoms with E-state index in [0.717, 1.165) is 52.9 Å². The van der Waals surface area contributed by atoms with Crippen molar-refractivity contribution >= 4 is 34.0 Å². The number of halogens is 1. The number of hydrogen-bond acceptors (Lipinski definition) is 4. The number of pyridine rings is 1. The van der Waals surface area contributed by atoms with Gasteiger partial charge < -0.3 is 15.7 Å². The summed E-state index contributed by atoms with van der Waals surface area (Å²) in [6.45, 7) is 3.02. The monoisotopic (exact) mass is 381 g/mol. The Morgan fingerprint density at radius 2 is 1.96 bits per heavy atom. The van der Waals surface area contributed by atoms with Crippen LogP contribution >= 0.6 is 11.6 Å². The van der Waals surface area contributed by atoms with Crippen molar-refractivity contribution in [3.8, 4) is 0 Å². The fraction of sp³-hybridized carbons (Fsp3) is 0.318. The quantitative estimate of drug-likeness (QED) is 0.587. The highest BCUT2D eigenvalue weighted by atomic mass is 35.5. The molecule has 2 heterocycles. The molecule has 1 fully saturated rings. The van der Waals surface area contributed by atoms with Gasteiger partial charge in [-0.1, -0.05) is 29.7 Å². The normalized spacial score (nSPS) is 18.4. The van der Waals surface area contributed by atoms with Gasteiger partial charge in [-0.25, -0.2) is 4.98 Å². The zero-order valence-electron chi connectivity index (χ0n) is 15.4. The Morgan fingerprint density at radius 3 is 2.70 bits per heavy atom. The lowest BCUT2D eigenvalue weighted by molar-refractivity contribution is 0.115. The largest absolute Gasteiger partial charge is 0.387 e. The molecule has 0 bridgehead atoms. The first kappa shape index (κ1) is 18.2. The van der Waals surface area contributed by atoms with Gasteiger partial charge in [-0.2, -0.15) is 0 Å². The Morgan fingerprint density at radius 1 is 1.15 bits per heavy atom. The molecule has 0 unspecified atom stereocenters. The van der Waals surface area contributed by atoms with Crippen molar-refractivity contribution in [2.24, 2.45) is 0 Å². The molecule has 1 aliphatic heterocycles. The topological polar surface area (TPSA) is 57.2 Å². The standard InChI is InChI=1S/C22H24ClN3O/c1-14-5-10-19-17(12-14)18(22(27)20-4-2-3-11-24-20)13-21(26-19)25-16-8-6-15(23)7-9-16/h5-10,12-13,20,22,24,27H,2-4,11H2,1H3,(H,25,26)/t20-,22+/m1/s1. The van der Waals surface area contributed by atoms with E-state index in [0.29, 0.717) is 5.02 Å². The minimum atomic E-state index is -0.566. The highest BCUT2D eigenvalue weighted by Crippen LogP contribution is 2.32. The van der Waals surface area contributed by atoms with E-state index in [1.165, 1.54) is 6.42 Å². The molecule has 5 heteroatoms. The van der Waals surface area contributed by atoms with Crippen molar-refractivity contribution in [3.63, 3.8) is 0 Å². The molecule has 4 nitrogen and oxygen atoms in total. The van der Waals surface area contributed by atoms with Crippen LogP contribution in [0.3, 0.4) is 0 Å². The van der Waals surface area contributed by atoms with Crippen LogP contribution in [0.1, 0.15) is 36.5 Å².